The third-order valence-corrected chi connectivity index (χ3v) is 5.13. The van der Waals surface area contributed by atoms with Crippen LogP contribution in [0.4, 0.5) is 4.39 Å². The molecule has 6 heteroatoms. The standard InChI is InChI=1S/C19H21ClFNO2S/c1-13(25-15-8-9-17(21)16(20)11-15)7-10-19(23)22-12-14-5-3-4-6-18(14)24-2/h3-6,8-9,11,13H,7,10,12H2,1-2H3,(H,22,23). The highest BCUT2D eigenvalue weighted by molar-refractivity contribution is 7.99. The van der Waals surface area contributed by atoms with Crippen LogP contribution in [0.15, 0.2) is 47.4 Å². The van der Waals surface area contributed by atoms with Gasteiger partial charge in [-0.25, -0.2) is 4.39 Å². The van der Waals surface area contributed by atoms with Gasteiger partial charge in [0.2, 0.25) is 5.91 Å². The number of thioether (sulfide) groups is 1. The van der Waals surface area contributed by atoms with Crippen LogP contribution in [0.3, 0.4) is 0 Å². The van der Waals surface area contributed by atoms with Gasteiger partial charge in [0.15, 0.2) is 0 Å². The van der Waals surface area contributed by atoms with E-state index < -0.39 is 5.82 Å². The molecular weight excluding hydrogens is 361 g/mol. The zero-order valence-corrected chi connectivity index (χ0v) is 15.8. The van der Waals surface area contributed by atoms with Crippen LogP contribution < -0.4 is 10.1 Å². The third-order valence-electron chi connectivity index (χ3n) is 3.67. The summed E-state index contributed by atoms with van der Waals surface area (Å²) in [6.07, 6.45) is 1.15. The molecule has 0 aliphatic rings. The molecule has 1 amide bonds. The first-order valence-corrected chi connectivity index (χ1v) is 9.25. The van der Waals surface area contributed by atoms with E-state index in [1.807, 2.05) is 31.2 Å². The fraction of sp³-hybridized carbons (Fsp3) is 0.316. The van der Waals surface area contributed by atoms with E-state index in [2.05, 4.69) is 5.32 Å². The monoisotopic (exact) mass is 381 g/mol. The summed E-state index contributed by atoms with van der Waals surface area (Å²) in [5.74, 6) is 0.338. The molecule has 2 aromatic carbocycles. The molecule has 0 aliphatic carbocycles. The summed E-state index contributed by atoms with van der Waals surface area (Å²) >= 11 is 7.36. The molecule has 134 valence electrons. The van der Waals surface area contributed by atoms with Crippen LogP contribution in [0.2, 0.25) is 5.02 Å². The smallest absolute Gasteiger partial charge is 0.220 e. The average Bonchev–Trinajstić information content (AvgIpc) is 2.61. The summed E-state index contributed by atoms with van der Waals surface area (Å²) in [6, 6.07) is 12.3. The van der Waals surface area contributed by atoms with Gasteiger partial charge in [-0.3, -0.25) is 4.79 Å². The van der Waals surface area contributed by atoms with Gasteiger partial charge in [0, 0.05) is 28.7 Å². The lowest BCUT2D eigenvalue weighted by molar-refractivity contribution is -0.121. The summed E-state index contributed by atoms with van der Waals surface area (Å²) < 4.78 is 18.4. The Bertz CT molecular complexity index is 726. The van der Waals surface area contributed by atoms with Crippen molar-refractivity contribution in [2.24, 2.45) is 0 Å². The maximum absolute atomic E-state index is 13.2. The molecule has 0 saturated carbocycles. The summed E-state index contributed by atoms with van der Waals surface area (Å²) in [6.45, 7) is 2.48. The molecule has 3 nitrogen and oxygen atoms in total. The fourth-order valence-corrected chi connectivity index (χ4v) is 3.59. The van der Waals surface area contributed by atoms with E-state index in [-0.39, 0.29) is 16.2 Å². The lowest BCUT2D eigenvalue weighted by atomic mass is 10.2. The first kappa shape index (κ1) is 19.6. The summed E-state index contributed by atoms with van der Waals surface area (Å²) in [4.78, 5) is 12.9. The Morgan fingerprint density at radius 1 is 1.32 bits per heavy atom. The van der Waals surface area contributed by atoms with E-state index in [9.17, 15) is 9.18 Å². The van der Waals surface area contributed by atoms with Gasteiger partial charge in [0.25, 0.3) is 0 Å². The Hall–Kier alpha value is -1.72. The molecule has 0 bridgehead atoms. The van der Waals surface area contributed by atoms with Crippen LogP contribution in [0.25, 0.3) is 0 Å². The zero-order valence-electron chi connectivity index (χ0n) is 14.2. The molecule has 2 rings (SSSR count). The highest BCUT2D eigenvalue weighted by atomic mass is 35.5. The molecule has 2 aromatic rings. The number of rotatable bonds is 8. The van der Waals surface area contributed by atoms with E-state index in [1.54, 1.807) is 31.0 Å². The molecular formula is C19H21ClFNO2S. The van der Waals surface area contributed by atoms with Crippen molar-refractivity contribution in [1.29, 1.82) is 0 Å². The van der Waals surface area contributed by atoms with Gasteiger partial charge in [-0.05, 0) is 30.7 Å². The topological polar surface area (TPSA) is 38.3 Å². The lowest BCUT2D eigenvalue weighted by Gasteiger charge is -2.12. The van der Waals surface area contributed by atoms with E-state index in [0.717, 1.165) is 22.6 Å². The predicted molar refractivity (Wildman–Crippen MR) is 101 cm³/mol. The van der Waals surface area contributed by atoms with Gasteiger partial charge in [-0.15, -0.1) is 11.8 Å². The van der Waals surface area contributed by atoms with Crippen LogP contribution in [-0.2, 0) is 11.3 Å². The quantitative estimate of drug-likeness (QED) is 0.649. The molecule has 0 fully saturated rings. The number of halogens is 2. The molecule has 0 spiro atoms. The molecule has 25 heavy (non-hydrogen) atoms. The van der Waals surface area contributed by atoms with Gasteiger partial charge < -0.3 is 10.1 Å². The van der Waals surface area contributed by atoms with Crippen molar-refractivity contribution >= 4 is 29.3 Å². The second kappa shape index (κ2) is 9.68. The Kier molecular flexibility index (Phi) is 7.59. The Labute approximate surface area is 156 Å². The minimum absolute atomic E-state index is 0.00417. The second-order valence-electron chi connectivity index (χ2n) is 5.63. The van der Waals surface area contributed by atoms with Crippen LogP contribution in [0, 0.1) is 5.82 Å². The number of para-hydroxylation sites is 1. The summed E-state index contributed by atoms with van der Waals surface area (Å²) in [5.41, 5.74) is 0.946. The summed E-state index contributed by atoms with van der Waals surface area (Å²) in [7, 11) is 1.61. The Morgan fingerprint density at radius 2 is 2.08 bits per heavy atom. The lowest BCUT2D eigenvalue weighted by Crippen LogP contribution is -2.23. The average molecular weight is 382 g/mol. The number of carbonyl (C=O) groups is 1. The van der Waals surface area contributed by atoms with Gasteiger partial charge in [-0.1, -0.05) is 36.7 Å². The van der Waals surface area contributed by atoms with Crippen LogP contribution in [0.1, 0.15) is 25.3 Å². The van der Waals surface area contributed by atoms with E-state index in [1.165, 1.54) is 6.07 Å². The van der Waals surface area contributed by atoms with E-state index >= 15 is 0 Å². The first-order valence-electron chi connectivity index (χ1n) is 8.00. The molecule has 1 atom stereocenters. The first-order chi connectivity index (χ1) is 12.0. The minimum atomic E-state index is -0.422. The number of amides is 1. The minimum Gasteiger partial charge on any atom is -0.496 e. The van der Waals surface area contributed by atoms with Gasteiger partial charge in [-0.2, -0.15) is 0 Å². The largest absolute Gasteiger partial charge is 0.496 e. The highest BCUT2D eigenvalue weighted by Crippen LogP contribution is 2.29. The van der Waals surface area contributed by atoms with Crippen LogP contribution >= 0.6 is 23.4 Å². The number of benzene rings is 2. The molecule has 0 saturated heterocycles. The number of carbonyl (C=O) groups excluding carboxylic acids is 1. The maximum atomic E-state index is 13.2. The zero-order chi connectivity index (χ0) is 18.2. The van der Waals surface area contributed by atoms with Crippen LogP contribution in [-0.4, -0.2) is 18.3 Å². The molecule has 0 heterocycles. The third kappa shape index (κ3) is 6.25. The van der Waals surface area contributed by atoms with Crippen molar-refractivity contribution in [1.82, 2.24) is 5.32 Å². The second-order valence-corrected chi connectivity index (χ2v) is 7.55. The van der Waals surface area contributed by atoms with Crippen molar-refractivity contribution in [2.75, 3.05) is 7.11 Å². The number of hydrogen-bond donors (Lipinski definition) is 1. The van der Waals surface area contributed by atoms with Gasteiger partial charge in [0.05, 0.1) is 12.1 Å². The predicted octanol–water partition coefficient (Wildman–Crippen LogP) is 5.06. The van der Waals surface area contributed by atoms with Crippen molar-refractivity contribution in [2.45, 2.75) is 36.5 Å². The molecule has 0 radical (unpaired) electrons. The molecule has 1 N–H and O–H groups in total. The van der Waals surface area contributed by atoms with Crippen molar-refractivity contribution in [3.8, 4) is 5.75 Å². The fourth-order valence-electron chi connectivity index (χ4n) is 2.31. The van der Waals surface area contributed by atoms with Crippen molar-refractivity contribution < 1.29 is 13.9 Å². The number of hydrogen-bond acceptors (Lipinski definition) is 3. The highest BCUT2D eigenvalue weighted by Gasteiger charge is 2.10. The van der Waals surface area contributed by atoms with Crippen molar-refractivity contribution in [3.05, 3.63) is 58.9 Å². The summed E-state index contributed by atoms with van der Waals surface area (Å²) in [5, 5.41) is 3.25. The Morgan fingerprint density at radius 3 is 2.80 bits per heavy atom. The number of methoxy groups -OCH3 is 1. The molecule has 0 aromatic heterocycles. The molecule has 0 aliphatic heterocycles. The SMILES string of the molecule is COc1ccccc1CNC(=O)CCC(C)Sc1ccc(F)c(Cl)c1. The number of nitrogens with one attached hydrogen (secondary N) is 1. The normalized spacial score (nSPS) is 11.8. The maximum Gasteiger partial charge on any atom is 0.220 e. The van der Waals surface area contributed by atoms with E-state index in [4.69, 9.17) is 16.3 Å². The van der Waals surface area contributed by atoms with Crippen molar-refractivity contribution in [3.63, 3.8) is 0 Å². The van der Waals surface area contributed by atoms with E-state index in [0.29, 0.717) is 13.0 Å². The van der Waals surface area contributed by atoms with Gasteiger partial charge in [0.1, 0.15) is 11.6 Å². The molecule has 1 unspecified atom stereocenters. The van der Waals surface area contributed by atoms with Crippen LogP contribution in [0.5, 0.6) is 5.75 Å². The van der Waals surface area contributed by atoms with Gasteiger partial charge >= 0.3 is 0 Å². The Balaban J connectivity index is 1.76. The number of ether oxygens (including phenoxy) is 1.